The molecule has 0 radical (unpaired) electrons. The Balaban J connectivity index is 2.41. The lowest BCUT2D eigenvalue weighted by Crippen LogP contribution is -2.51. The highest BCUT2D eigenvalue weighted by molar-refractivity contribution is 5.96. The van der Waals surface area contributed by atoms with E-state index in [1.165, 1.54) is 0 Å². The molecule has 0 heterocycles. The maximum atomic E-state index is 12.5. The number of carbonyl (C=O) groups excluding carboxylic acids is 5. The van der Waals surface area contributed by atoms with Gasteiger partial charge in [-0.3, -0.25) is 24.0 Å². The summed E-state index contributed by atoms with van der Waals surface area (Å²) in [6.45, 7) is 5.84. The highest BCUT2D eigenvalue weighted by Gasteiger charge is 2.24. The van der Waals surface area contributed by atoms with E-state index in [1.54, 1.807) is 31.2 Å². The number of amides is 4. The summed E-state index contributed by atoms with van der Waals surface area (Å²) in [6.07, 6.45) is 3.46. The zero-order valence-corrected chi connectivity index (χ0v) is 20.1. The summed E-state index contributed by atoms with van der Waals surface area (Å²) >= 11 is 0. The van der Waals surface area contributed by atoms with Gasteiger partial charge in [0.25, 0.3) is 0 Å². The zero-order chi connectivity index (χ0) is 25.3. The monoisotopic (exact) mass is 476 g/mol. The van der Waals surface area contributed by atoms with E-state index in [0.29, 0.717) is 31.5 Å². The van der Waals surface area contributed by atoms with Crippen molar-refractivity contribution in [3.63, 3.8) is 0 Å². The highest BCUT2D eigenvalue weighted by atomic mass is 16.5. The van der Waals surface area contributed by atoms with Crippen molar-refractivity contribution in [3.05, 3.63) is 29.8 Å². The van der Waals surface area contributed by atoms with Crippen molar-refractivity contribution in [3.8, 4) is 0 Å². The lowest BCUT2D eigenvalue weighted by atomic mass is 10.0. The number of hydrogen-bond acceptors (Lipinski definition) is 6. The number of anilines is 1. The molecule has 0 spiro atoms. The van der Waals surface area contributed by atoms with Gasteiger partial charge in [0.2, 0.25) is 24.1 Å². The lowest BCUT2D eigenvalue weighted by molar-refractivity contribution is -0.144. The Morgan fingerprint density at radius 2 is 1.71 bits per heavy atom. The van der Waals surface area contributed by atoms with Crippen LogP contribution in [0.5, 0.6) is 0 Å². The van der Waals surface area contributed by atoms with Crippen molar-refractivity contribution in [1.29, 1.82) is 0 Å². The van der Waals surface area contributed by atoms with Crippen LogP contribution < -0.4 is 21.3 Å². The Morgan fingerprint density at radius 3 is 2.32 bits per heavy atom. The minimum absolute atomic E-state index is 0.154. The number of rotatable bonds is 16. The third-order valence-electron chi connectivity index (χ3n) is 4.92. The molecule has 188 valence electrons. The van der Waals surface area contributed by atoms with Gasteiger partial charge in [-0.05, 0) is 36.5 Å². The first-order valence-electron chi connectivity index (χ1n) is 11.5. The Morgan fingerprint density at radius 1 is 1.00 bits per heavy atom. The van der Waals surface area contributed by atoms with Crippen LogP contribution in [0.25, 0.3) is 0 Å². The van der Waals surface area contributed by atoms with Crippen LogP contribution in [0.4, 0.5) is 5.69 Å². The van der Waals surface area contributed by atoms with Gasteiger partial charge in [-0.25, -0.2) is 0 Å². The van der Waals surface area contributed by atoms with Crippen LogP contribution in [0.15, 0.2) is 24.3 Å². The molecule has 1 aromatic carbocycles. The second-order valence-corrected chi connectivity index (χ2v) is 8.15. The normalized spacial score (nSPS) is 11.3. The van der Waals surface area contributed by atoms with Crippen LogP contribution >= 0.6 is 0 Å². The van der Waals surface area contributed by atoms with E-state index in [0.717, 1.165) is 18.4 Å². The Bertz CT molecular complexity index is 810. The van der Waals surface area contributed by atoms with E-state index >= 15 is 0 Å². The minimum atomic E-state index is -0.748. The first-order chi connectivity index (χ1) is 16.3. The maximum Gasteiger partial charge on any atom is 0.305 e. The number of hydrogen-bond donors (Lipinski definition) is 4. The van der Waals surface area contributed by atoms with Gasteiger partial charge >= 0.3 is 5.97 Å². The molecule has 0 saturated carbocycles. The quantitative estimate of drug-likeness (QED) is 0.162. The van der Waals surface area contributed by atoms with Gasteiger partial charge in [-0.2, -0.15) is 0 Å². The standard InChI is InChI=1S/C24H36N4O6/c1-4-22(32)34-15-18-9-11-19(12-10-18)27-21(31)14-26-24(33)23(17(2)3)28-20(30)8-6-5-7-13-25-16-29/h9-12,16-17,23H,4-8,13-15H2,1-3H3,(H,25,29)(H,26,33)(H,27,31)(H,28,30). The molecular weight excluding hydrogens is 440 g/mol. The van der Waals surface area contributed by atoms with Gasteiger partial charge in [0.05, 0.1) is 6.54 Å². The number of carbonyl (C=O) groups is 5. The van der Waals surface area contributed by atoms with Gasteiger partial charge in [0, 0.05) is 25.1 Å². The van der Waals surface area contributed by atoms with Crippen molar-refractivity contribution in [2.24, 2.45) is 5.92 Å². The molecule has 0 fully saturated rings. The molecule has 0 saturated heterocycles. The van der Waals surface area contributed by atoms with Gasteiger partial charge in [-0.1, -0.05) is 39.3 Å². The largest absolute Gasteiger partial charge is 0.461 e. The SMILES string of the molecule is CCC(=O)OCc1ccc(NC(=O)CNC(=O)C(NC(=O)CCCCCNC=O)C(C)C)cc1. The second kappa shape index (κ2) is 16.2. The van der Waals surface area contributed by atoms with E-state index in [2.05, 4.69) is 21.3 Å². The number of unbranched alkanes of at least 4 members (excludes halogenated alkanes) is 2. The molecule has 0 bridgehead atoms. The fourth-order valence-corrected chi connectivity index (χ4v) is 2.96. The van der Waals surface area contributed by atoms with E-state index in [9.17, 15) is 24.0 Å². The summed E-state index contributed by atoms with van der Waals surface area (Å²) in [4.78, 5) is 58.3. The van der Waals surface area contributed by atoms with Crippen molar-refractivity contribution >= 4 is 35.8 Å². The average Bonchev–Trinajstić information content (AvgIpc) is 2.82. The molecule has 34 heavy (non-hydrogen) atoms. The van der Waals surface area contributed by atoms with Crippen LogP contribution in [0, 0.1) is 5.92 Å². The van der Waals surface area contributed by atoms with Crippen LogP contribution in [0.1, 0.15) is 58.4 Å². The Hall–Kier alpha value is -3.43. The fourth-order valence-electron chi connectivity index (χ4n) is 2.96. The van der Waals surface area contributed by atoms with E-state index in [1.807, 2.05) is 13.8 Å². The predicted molar refractivity (Wildman–Crippen MR) is 127 cm³/mol. The lowest BCUT2D eigenvalue weighted by Gasteiger charge is -2.21. The van der Waals surface area contributed by atoms with Crippen LogP contribution in [0.2, 0.25) is 0 Å². The molecular formula is C24H36N4O6. The van der Waals surface area contributed by atoms with Gasteiger partial charge in [0.1, 0.15) is 12.6 Å². The third-order valence-corrected chi connectivity index (χ3v) is 4.92. The van der Waals surface area contributed by atoms with Gasteiger partial charge in [-0.15, -0.1) is 0 Å². The Kier molecular flexibility index (Phi) is 13.6. The minimum Gasteiger partial charge on any atom is -0.461 e. The van der Waals surface area contributed by atoms with Gasteiger partial charge in [0.15, 0.2) is 0 Å². The summed E-state index contributed by atoms with van der Waals surface area (Å²) in [5, 5.41) is 10.5. The molecule has 1 atom stereocenters. The highest BCUT2D eigenvalue weighted by Crippen LogP contribution is 2.11. The zero-order valence-electron chi connectivity index (χ0n) is 20.1. The molecule has 0 aliphatic rings. The molecule has 0 aromatic heterocycles. The molecule has 1 rings (SSSR count). The van der Waals surface area contributed by atoms with Gasteiger partial charge < -0.3 is 26.0 Å². The van der Waals surface area contributed by atoms with Crippen LogP contribution in [-0.4, -0.2) is 49.2 Å². The summed E-state index contributed by atoms with van der Waals surface area (Å²) in [6, 6.07) is 6.09. The van der Waals surface area contributed by atoms with Crippen molar-refractivity contribution in [2.75, 3.05) is 18.4 Å². The number of ether oxygens (including phenoxy) is 1. The number of esters is 1. The molecule has 4 amide bonds. The Labute approximate surface area is 200 Å². The molecule has 4 N–H and O–H groups in total. The molecule has 0 aliphatic carbocycles. The van der Waals surface area contributed by atoms with E-state index < -0.39 is 17.9 Å². The average molecular weight is 477 g/mol. The number of benzene rings is 1. The topological polar surface area (TPSA) is 143 Å². The van der Waals surface area contributed by atoms with Crippen LogP contribution in [0.3, 0.4) is 0 Å². The van der Waals surface area contributed by atoms with E-state index in [4.69, 9.17) is 4.74 Å². The first kappa shape index (κ1) is 28.6. The third kappa shape index (κ3) is 12.0. The maximum absolute atomic E-state index is 12.5. The van der Waals surface area contributed by atoms with Crippen molar-refractivity contribution in [2.45, 2.75) is 65.5 Å². The molecule has 10 nitrogen and oxygen atoms in total. The second-order valence-electron chi connectivity index (χ2n) is 8.15. The predicted octanol–water partition coefficient (Wildman–Crippen LogP) is 1.64. The summed E-state index contributed by atoms with van der Waals surface area (Å²) in [5.74, 6) is -1.50. The number of nitrogens with one attached hydrogen (secondary N) is 4. The molecule has 0 aliphatic heterocycles. The van der Waals surface area contributed by atoms with Crippen molar-refractivity contribution in [1.82, 2.24) is 16.0 Å². The van der Waals surface area contributed by atoms with Crippen molar-refractivity contribution < 1.29 is 28.7 Å². The summed E-state index contributed by atoms with van der Waals surface area (Å²) < 4.78 is 5.06. The van der Waals surface area contributed by atoms with Crippen LogP contribution in [-0.2, 0) is 35.3 Å². The summed E-state index contributed by atoms with van der Waals surface area (Å²) in [7, 11) is 0. The fraction of sp³-hybridized carbons (Fsp3) is 0.542. The molecule has 1 unspecified atom stereocenters. The smallest absolute Gasteiger partial charge is 0.305 e. The molecule has 10 heteroatoms. The summed E-state index contributed by atoms with van der Waals surface area (Å²) in [5.41, 5.74) is 1.34. The molecule has 1 aromatic rings. The van der Waals surface area contributed by atoms with E-state index in [-0.39, 0.29) is 37.4 Å². The first-order valence-corrected chi connectivity index (χ1v) is 11.5.